The summed E-state index contributed by atoms with van der Waals surface area (Å²) in [6.45, 7) is 1.70. The largest absolute Gasteiger partial charge is 0.478 e. The zero-order valence-corrected chi connectivity index (χ0v) is 11.8. The molecule has 6 heteroatoms. The molecule has 0 radical (unpaired) electrons. The van der Waals surface area contributed by atoms with Crippen molar-refractivity contribution in [3.8, 4) is 5.69 Å². The van der Waals surface area contributed by atoms with E-state index in [4.69, 9.17) is 10.8 Å². The van der Waals surface area contributed by atoms with E-state index in [0.717, 1.165) is 0 Å². The molecule has 0 aliphatic heterocycles. The maximum absolute atomic E-state index is 12.7. The minimum Gasteiger partial charge on any atom is -0.478 e. The number of nitrogens with zero attached hydrogens (tertiary/aromatic N) is 2. The molecule has 0 bridgehead atoms. The highest BCUT2D eigenvalue weighted by Crippen LogP contribution is 2.16. The molecule has 0 saturated heterocycles. The Balaban J connectivity index is 2.33. The first-order valence-corrected chi connectivity index (χ1v) is 6.60. The number of carbonyl (C=O) groups is 1. The average molecular weight is 295 g/mol. The van der Waals surface area contributed by atoms with Crippen LogP contribution in [0.15, 0.2) is 47.3 Å². The van der Waals surface area contributed by atoms with Crippen LogP contribution in [0, 0.1) is 6.92 Å². The lowest BCUT2D eigenvalue weighted by molar-refractivity contribution is 0.0697. The highest BCUT2D eigenvalue weighted by atomic mass is 16.4. The molecule has 3 aromatic rings. The molecular formula is C16H13N3O3. The molecule has 0 aliphatic carbocycles. The second-order valence-corrected chi connectivity index (χ2v) is 4.93. The summed E-state index contributed by atoms with van der Waals surface area (Å²) in [4.78, 5) is 28.2. The fourth-order valence-electron chi connectivity index (χ4n) is 2.40. The lowest BCUT2D eigenvalue weighted by atomic mass is 10.2. The fraction of sp³-hybridized carbons (Fsp3) is 0.0625. The summed E-state index contributed by atoms with van der Waals surface area (Å²) in [6, 6.07) is 11.1. The van der Waals surface area contributed by atoms with Gasteiger partial charge in [0.05, 0.1) is 22.2 Å². The number of aryl methyl sites for hydroxylation is 1. The van der Waals surface area contributed by atoms with Gasteiger partial charge in [-0.25, -0.2) is 9.78 Å². The van der Waals surface area contributed by atoms with Gasteiger partial charge in [0.15, 0.2) is 0 Å². The third-order valence-electron chi connectivity index (χ3n) is 3.41. The van der Waals surface area contributed by atoms with Crippen LogP contribution in [0.25, 0.3) is 16.6 Å². The molecule has 22 heavy (non-hydrogen) atoms. The van der Waals surface area contributed by atoms with Gasteiger partial charge in [-0.2, -0.15) is 0 Å². The van der Waals surface area contributed by atoms with E-state index in [1.165, 1.54) is 16.7 Å². The van der Waals surface area contributed by atoms with Crippen molar-refractivity contribution in [1.29, 1.82) is 0 Å². The van der Waals surface area contributed by atoms with E-state index in [1.54, 1.807) is 37.3 Å². The maximum atomic E-state index is 12.7. The molecule has 0 fully saturated rings. The fourth-order valence-corrected chi connectivity index (χ4v) is 2.40. The number of aromatic carboxylic acids is 1. The summed E-state index contributed by atoms with van der Waals surface area (Å²) in [5.74, 6) is -0.574. The highest BCUT2D eigenvalue weighted by molar-refractivity contribution is 5.88. The molecule has 3 rings (SSSR count). The summed E-state index contributed by atoms with van der Waals surface area (Å²) in [6.07, 6.45) is 0. The molecule has 1 heterocycles. The van der Waals surface area contributed by atoms with Crippen LogP contribution >= 0.6 is 0 Å². The number of nitrogens with two attached hydrogens (primary N) is 1. The van der Waals surface area contributed by atoms with Crippen molar-refractivity contribution in [2.45, 2.75) is 6.92 Å². The molecule has 0 saturated carbocycles. The van der Waals surface area contributed by atoms with Gasteiger partial charge in [0.25, 0.3) is 5.56 Å². The van der Waals surface area contributed by atoms with Gasteiger partial charge in [-0.3, -0.25) is 9.36 Å². The van der Waals surface area contributed by atoms with Gasteiger partial charge in [0.1, 0.15) is 5.82 Å². The van der Waals surface area contributed by atoms with E-state index >= 15 is 0 Å². The monoisotopic (exact) mass is 295 g/mol. The molecule has 2 aromatic carbocycles. The molecule has 0 amide bonds. The van der Waals surface area contributed by atoms with E-state index in [-0.39, 0.29) is 11.1 Å². The van der Waals surface area contributed by atoms with E-state index < -0.39 is 5.97 Å². The minimum absolute atomic E-state index is 0.108. The Morgan fingerprint density at radius 2 is 2.00 bits per heavy atom. The first-order valence-electron chi connectivity index (χ1n) is 6.60. The zero-order chi connectivity index (χ0) is 15.9. The van der Waals surface area contributed by atoms with Crippen molar-refractivity contribution >= 4 is 22.6 Å². The molecular weight excluding hydrogens is 282 g/mol. The summed E-state index contributed by atoms with van der Waals surface area (Å²) in [7, 11) is 0. The second-order valence-electron chi connectivity index (χ2n) is 4.93. The van der Waals surface area contributed by atoms with Gasteiger partial charge in [0, 0.05) is 5.69 Å². The highest BCUT2D eigenvalue weighted by Gasteiger charge is 2.12. The van der Waals surface area contributed by atoms with Crippen LogP contribution in [0.3, 0.4) is 0 Å². The number of anilines is 1. The smallest absolute Gasteiger partial charge is 0.335 e. The van der Waals surface area contributed by atoms with Crippen LogP contribution in [0.4, 0.5) is 5.69 Å². The molecule has 1 aromatic heterocycles. The molecule has 3 N–H and O–H groups in total. The Morgan fingerprint density at radius 1 is 1.23 bits per heavy atom. The van der Waals surface area contributed by atoms with E-state index in [9.17, 15) is 9.59 Å². The Bertz CT molecular complexity index is 960. The van der Waals surface area contributed by atoms with Crippen LogP contribution in [0.2, 0.25) is 0 Å². The molecule has 0 atom stereocenters. The first kappa shape index (κ1) is 13.8. The lowest BCUT2D eigenvalue weighted by Crippen LogP contribution is -2.22. The molecule has 0 unspecified atom stereocenters. The number of fused-ring (bicyclic) bond motifs is 1. The van der Waals surface area contributed by atoms with Crippen LogP contribution in [-0.4, -0.2) is 20.6 Å². The number of hydrogen-bond donors (Lipinski definition) is 2. The number of carboxylic acids is 1. The van der Waals surface area contributed by atoms with Crippen molar-refractivity contribution in [2.24, 2.45) is 0 Å². The Morgan fingerprint density at radius 3 is 2.73 bits per heavy atom. The van der Waals surface area contributed by atoms with Crippen LogP contribution < -0.4 is 11.3 Å². The SMILES string of the molecule is Cc1nc2ccc(N)cc2c(=O)n1-c1cccc(C(=O)O)c1. The topological polar surface area (TPSA) is 98.2 Å². The van der Waals surface area contributed by atoms with Gasteiger partial charge >= 0.3 is 5.97 Å². The average Bonchev–Trinajstić information content (AvgIpc) is 2.48. The van der Waals surface area contributed by atoms with Gasteiger partial charge in [0.2, 0.25) is 0 Å². The lowest BCUT2D eigenvalue weighted by Gasteiger charge is -2.11. The number of nitrogen functional groups attached to an aromatic ring is 1. The number of carboxylic acid groups (broad SMARTS) is 1. The number of aromatic nitrogens is 2. The maximum Gasteiger partial charge on any atom is 0.335 e. The van der Waals surface area contributed by atoms with Crippen LogP contribution in [-0.2, 0) is 0 Å². The van der Waals surface area contributed by atoms with Crippen molar-refractivity contribution in [3.05, 3.63) is 64.2 Å². The number of hydrogen-bond acceptors (Lipinski definition) is 4. The Hall–Kier alpha value is -3.15. The Kier molecular flexibility index (Phi) is 3.14. The van der Waals surface area contributed by atoms with Gasteiger partial charge in [-0.1, -0.05) is 6.07 Å². The van der Waals surface area contributed by atoms with Gasteiger partial charge in [-0.05, 0) is 43.3 Å². The summed E-state index contributed by atoms with van der Waals surface area (Å²) in [5, 5.41) is 9.48. The second kappa shape index (κ2) is 5.00. The van der Waals surface area contributed by atoms with Crippen LogP contribution in [0.5, 0.6) is 0 Å². The summed E-state index contributed by atoms with van der Waals surface area (Å²) in [5.41, 5.74) is 7.05. The third-order valence-corrected chi connectivity index (χ3v) is 3.41. The number of benzene rings is 2. The Labute approximate surface area is 125 Å². The minimum atomic E-state index is -1.05. The predicted octanol–water partition coefficient (Wildman–Crippen LogP) is 1.97. The van der Waals surface area contributed by atoms with Crippen LogP contribution in [0.1, 0.15) is 16.2 Å². The molecule has 0 aliphatic rings. The van der Waals surface area contributed by atoms with Crippen molar-refractivity contribution in [3.63, 3.8) is 0 Å². The normalized spacial score (nSPS) is 10.8. The van der Waals surface area contributed by atoms with Crippen molar-refractivity contribution < 1.29 is 9.90 Å². The molecule has 0 spiro atoms. The van der Waals surface area contributed by atoms with Gasteiger partial charge < -0.3 is 10.8 Å². The molecule has 6 nitrogen and oxygen atoms in total. The first-order chi connectivity index (χ1) is 10.5. The zero-order valence-electron chi connectivity index (χ0n) is 11.8. The number of rotatable bonds is 2. The quantitative estimate of drug-likeness (QED) is 0.704. The van der Waals surface area contributed by atoms with E-state index in [2.05, 4.69) is 4.98 Å². The van der Waals surface area contributed by atoms with E-state index in [0.29, 0.717) is 28.1 Å². The predicted molar refractivity (Wildman–Crippen MR) is 83.4 cm³/mol. The summed E-state index contributed by atoms with van der Waals surface area (Å²) < 4.78 is 1.38. The molecule has 110 valence electrons. The standard InChI is InChI=1S/C16H13N3O3/c1-9-18-14-6-5-11(17)8-13(14)15(20)19(9)12-4-2-3-10(7-12)16(21)22/h2-8H,17H2,1H3,(H,21,22). The van der Waals surface area contributed by atoms with E-state index in [1.807, 2.05) is 0 Å². The van der Waals surface area contributed by atoms with Gasteiger partial charge in [-0.15, -0.1) is 0 Å². The third kappa shape index (κ3) is 2.20. The van der Waals surface area contributed by atoms with Crippen molar-refractivity contribution in [1.82, 2.24) is 9.55 Å². The van der Waals surface area contributed by atoms with Crippen molar-refractivity contribution in [2.75, 3.05) is 5.73 Å². The summed E-state index contributed by atoms with van der Waals surface area (Å²) >= 11 is 0.